The Balaban J connectivity index is 2.59. The van der Waals surface area contributed by atoms with E-state index in [1.807, 2.05) is 26.8 Å². The number of nitrogens with zero attached hydrogens (tertiary/aromatic N) is 1. The number of aliphatic hydroxyl groups is 1. The second kappa shape index (κ2) is 3.33. The van der Waals surface area contributed by atoms with Crippen molar-refractivity contribution in [2.75, 3.05) is 0 Å². The molecule has 0 aromatic heterocycles. The fraction of sp³-hybridized carbons (Fsp3) is 0.500. The van der Waals surface area contributed by atoms with Crippen LogP contribution in [0.4, 0.5) is 0 Å². The van der Waals surface area contributed by atoms with Crippen LogP contribution in [-0.2, 0) is 12.0 Å². The van der Waals surface area contributed by atoms with Crippen LogP contribution >= 0.6 is 0 Å². The van der Waals surface area contributed by atoms with E-state index in [-0.39, 0.29) is 0 Å². The fourth-order valence-electron chi connectivity index (χ4n) is 2.49. The summed E-state index contributed by atoms with van der Waals surface area (Å²) in [4.78, 5) is 0. The maximum absolute atomic E-state index is 10.8. The predicted molar refractivity (Wildman–Crippen MR) is 62.8 cm³/mol. The van der Waals surface area contributed by atoms with Crippen molar-refractivity contribution >= 4 is 0 Å². The molecule has 0 saturated carbocycles. The topological polar surface area (TPSA) is 44.0 Å². The zero-order chi connectivity index (χ0) is 12.0. The van der Waals surface area contributed by atoms with E-state index in [2.05, 4.69) is 18.2 Å². The standard InChI is InChI=1S/C14H17NO/c1-10-4-5-11-6-7-14(16,12(11)8-10)13(2,3)9-15/h4-5,8,16H,6-7H2,1-3H3. The number of hydrogen-bond acceptors (Lipinski definition) is 2. The lowest BCUT2D eigenvalue weighted by molar-refractivity contribution is -0.0428. The summed E-state index contributed by atoms with van der Waals surface area (Å²) in [6.07, 6.45) is 1.50. The maximum Gasteiger partial charge on any atom is 0.108 e. The molecule has 1 aromatic rings. The van der Waals surface area contributed by atoms with Gasteiger partial charge in [-0.3, -0.25) is 0 Å². The van der Waals surface area contributed by atoms with E-state index in [4.69, 9.17) is 0 Å². The van der Waals surface area contributed by atoms with Gasteiger partial charge in [-0.15, -0.1) is 0 Å². The summed E-state index contributed by atoms with van der Waals surface area (Å²) in [6.45, 7) is 5.63. The lowest BCUT2D eigenvalue weighted by Crippen LogP contribution is -2.39. The van der Waals surface area contributed by atoms with Gasteiger partial charge in [0, 0.05) is 0 Å². The lowest BCUT2D eigenvalue weighted by Gasteiger charge is -2.35. The van der Waals surface area contributed by atoms with E-state index in [0.29, 0.717) is 6.42 Å². The molecule has 1 atom stereocenters. The number of benzene rings is 1. The first-order chi connectivity index (χ1) is 7.40. The zero-order valence-corrected chi connectivity index (χ0v) is 10.0. The van der Waals surface area contributed by atoms with Gasteiger partial charge in [-0.1, -0.05) is 23.8 Å². The van der Waals surface area contributed by atoms with Gasteiger partial charge < -0.3 is 5.11 Å². The molecule has 16 heavy (non-hydrogen) atoms. The summed E-state index contributed by atoms with van der Waals surface area (Å²) in [5.41, 5.74) is 1.51. The third kappa shape index (κ3) is 1.36. The molecule has 2 heteroatoms. The van der Waals surface area contributed by atoms with Gasteiger partial charge in [0.25, 0.3) is 0 Å². The first kappa shape index (κ1) is 11.2. The Morgan fingerprint density at radius 2 is 2.12 bits per heavy atom. The van der Waals surface area contributed by atoms with E-state index in [1.165, 1.54) is 5.56 Å². The van der Waals surface area contributed by atoms with Crippen LogP contribution in [0.2, 0.25) is 0 Å². The van der Waals surface area contributed by atoms with Crippen molar-refractivity contribution in [3.05, 3.63) is 34.9 Å². The van der Waals surface area contributed by atoms with E-state index in [0.717, 1.165) is 17.5 Å². The molecule has 1 aliphatic rings. The Hall–Kier alpha value is -1.33. The van der Waals surface area contributed by atoms with Gasteiger partial charge in [0.05, 0.1) is 11.5 Å². The summed E-state index contributed by atoms with van der Waals surface area (Å²) in [5, 5.41) is 20.0. The number of hydrogen-bond donors (Lipinski definition) is 1. The zero-order valence-electron chi connectivity index (χ0n) is 10.0. The molecule has 2 rings (SSSR count). The van der Waals surface area contributed by atoms with E-state index >= 15 is 0 Å². The van der Waals surface area contributed by atoms with Crippen molar-refractivity contribution < 1.29 is 5.11 Å². The van der Waals surface area contributed by atoms with Gasteiger partial charge in [-0.05, 0) is 44.7 Å². The molecule has 1 unspecified atom stereocenters. The highest BCUT2D eigenvalue weighted by Crippen LogP contribution is 2.48. The number of rotatable bonds is 1. The second-order valence-electron chi connectivity index (χ2n) is 5.26. The molecular weight excluding hydrogens is 198 g/mol. The molecule has 0 saturated heterocycles. The minimum atomic E-state index is -0.997. The fourth-order valence-corrected chi connectivity index (χ4v) is 2.49. The summed E-state index contributed by atoms with van der Waals surface area (Å²) in [6, 6.07) is 8.37. The smallest absolute Gasteiger partial charge is 0.108 e. The van der Waals surface area contributed by atoms with Crippen molar-refractivity contribution in [2.24, 2.45) is 5.41 Å². The lowest BCUT2D eigenvalue weighted by atomic mass is 9.72. The van der Waals surface area contributed by atoms with Crippen LogP contribution in [0, 0.1) is 23.7 Å². The van der Waals surface area contributed by atoms with E-state index in [9.17, 15) is 10.4 Å². The van der Waals surface area contributed by atoms with Gasteiger partial charge in [-0.25, -0.2) is 0 Å². The van der Waals surface area contributed by atoms with Gasteiger partial charge >= 0.3 is 0 Å². The first-order valence-electron chi connectivity index (χ1n) is 5.64. The second-order valence-corrected chi connectivity index (χ2v) is 5.26. The molecule has 0 amide bonds. The molecule has 0 aliphatic heterocycles. The Morgan fingerprint density at radius 1 is 1.44 bits per heavy atom. The molecular formula is C14H17NO. The van der Waals surface area contributed by atoms with E-state index in [1.54, 1.807) is 0 Å². The number of nitriles is 1. The third-order valence-corrected chi connectivity index (χ3v) is 3.78. The molecule has 2 nitrogen and oxygen atoms in total. The van der Waals surface area contributed by atoms with Crippen molar-refractivity contribution in [3.8, 4) is 6.07 Å². The molecule has 0 heterocycles. The SMILES string of the molecule is Cc1ccc2c(c1)C(O)(C(C)(C)C#N)CC2. The van der Waals surface area contributed by atoms with Gasteiger partial charge in [0.15, 0.2) is 0 Å². The minimum absolute atomic E-state index is 0.645. The average molecular weight is 215 g/mol. The summed E-state index contributed by atoms with van der Waals surface area (Å²) in [7, 11) is 0. The molecule has 1 aliphatic carbocycles. The highest BCUT2D eigenvalue weighted by molar-refractivity contribution is 5.42. The van der Waals surface area contributed by atoms with Crippen molar-refractivity contribution in [1.29, 1.82) is 5.26 Å². The van der Waals surface area contributed by atoms with Crippen molar-refractivity contribution in [1.82, 2.24) is 0 Å². The number of fused-ring (bicyclic) bond motifs is 1. The molecule has 0 radical (unpaired) electrons. The van der Waals surface area contributed by atoms with Gasteiger partial charge in [0.2, 0.25) is 0 Å². The molecule has 0 fully saturated rings. The molecule has 84 valence electrons. The Kier molecular flexibility index (Phi) is 2.32. The van der Waals surface area contributed by atoms with Crippen LogP contribution in [0.15, 0.2) is 18.2 Å². The third-order valence-electron chi connectivity index (χ3n) is 3.78. The van der Waals surface area contributed by atoms with Crippen LogP contribution in [-0.4, -0.2) is 5.11 Å². The highest BCUT2D eigenvalue weighted by atomic mass is 16.3. The van der Waals surface area contributed by atoms with Crippen LogP contribution < -0.4 is 0 Å². The monoisotopic (exact) mass is 215 g/mol. The summed E-state index contributed by atoms with van der Waals surface area (Å²) in [5.74, 6) is 0. The van der Waals surface area contributed by atoms with Crippen LogP contribution in [0.3, 0.4) is 0 Å². The van der Waals surface area contributed by atoms with Crippen LogP contribution in [0.1, 0.15) is 37.0 Å². The predicted octanol–water partition coefficient (Wildman–Crippen LogP) is 2.68. The van der Waals surface area contributed by atoms with Crippen LogP contribution in [0.5, 0.6) is 0 Å². The average Bonchev–Trinajstić information content (AvgIpc) is 2.58. The van der Waals surface area contributed by atoms with Crippen molar-refractivity contribution in [3.63, 3.8) is 0 Å². The van der Waals surface area contributed by atoms with Crippen molar-refractivity contribution in [2.45, 2.75) is 39.2 Å². The minimum Gasteiger partial charge on any atom is -0.383 e. The molecule has 0 bridgehead atoms. The Morgan fingerprint density at radius 3 is 2.75 bits per heavy atom. The molecule has 1 aromatic carbocycles. The number of aryl methyl sites for hydroxylation is 2. The Bertz CT molecular complexity index is 470. The first-order valence-corrected chi connectivity index (χ1v) is 5.64. The molecule has 1 N–H and O–H groups in total. The normalized spacial score (nSPS) is 23.9. The quantitative estimate of drug-likeness (QED) is 0.782. The highest BCUT2D eigenvalue weighted by Gasteiger charge is 2.49. The van der Waals surface area contributed by atoms with Crippen LogP contribution in [0.25, 0.3) is 0 Å². The Labute approximate surface area is 96.5 Å². The van der Waals surface area contributed by atoms with Gasteiger partial charge in [-0.2, -0.15) is 5.26 Å². The van der Waals surface area contributed by atoms with E-state index < -0.39 is 11.0 Å². The largest absolute Gasteiger partial charge is 0.383 e. The summed E-state index contributed by atoms with van der Waals surface area (Å²) >= 11 is 0. The maximum atomic E-state index is 10.8. The van der Waals surface area contributed by atoms with Gasteiger partial charge in [0.1, 0.15) is 5.60 Å². The summed E-state index contributed by atoms with van der Waals surface area (Å²) < 4.78 is 0. The molecule has 0 spiro atoms.